The van der Waals surface area contributed by atoms with E-state index in [4.69, 9.17) is 0 Å². The third-order valence-electron chi connectivity index (χ3n) is 11.1. The van der Waals surface area contributed by atoms with E-state index in [9.17, 15) is 5.26 Å². The van der Waals surface area contributed by atoms with Gasteiger partial charge in [0.25, 0.3) is 0 Å². The Morgan fingerprint density at radius 3 is 2.48 bits per heavy atom. The first-order valence-corrected chi connectivity index (χ1v) is 17.2. The molecule has 1 aliphatic heterocycles. The van der Waals surface area contributed by atoms with E-state index in [-0.39, 0.29) is 11.5 Å². The first-order chi connectivity index (χ1) is 23.6. The quantitative estimate of drug-likeness (QED) is 0.200. The van der Waals surface area contributed by atoms with Crippen molar-refractivity contribution in [2.45, 2.75) is 45.6 Å². The average Bonchev–Trinajstić information content (AvgIpc) is 3.61. The minimum absolute atomic E-state index is 0.0326. The lowest BCUT2D eigenvalue weighted by Crippen LogP contribution is -2.39. The fraction of sp³-hybridized carbons (Fsp3) is 0.178. The van der Waals surface area contributed by atoms with E-state index in [2.05, 4.69) is 157 Å². The van der Waals surface area contributed by atoms with Gasteiger partial charge in [0.2, 0.25) is 0 Å². The summed E-state index contributed by atoms with van der Waals surface area (Å²) in [5.74, 6) is 0. The normalized spacial score (nSPS) is 20.6. The molecule has 2 heterocycles. The van der Waals surface area contributed by atoms with Gasteiger partial charge in [-0.1, -0.05) is 97.1 Å². The summed E-state index contributed by atoms with van der Waals surface area (Å²) >= 11 is 0. The van der Waals surface area contributed by atoms with Crippen LogP contribution in [0.5, 0.6) is 0 Å². The number of rotatable bonds is 4. The van der Waals surface area contributed by atoms with Crippen molar-refractivity contribution < 1.29 is 0 Å². The Bertz CT molecular complexity index is 2330. The molecule has 0 spiro atoms. The molecule has 0 saturated carbocycles. The number of hydrogen-bond acceptors (Lipinski definition) is 2. The van der Waals surface area contributed by atoms with Crippen LogP contribution in [0.2, 0.25) is 0 Å². The first-order valence-electron chi connectivity index (χ1n) is 17.2. The predicted molar refractivity (Wildman–Crippen MR) is 199 cm³/mol. The van der Waals surface area contributed by atoms with Gasteiger partial charge in [-0.3, -0.25) is 0 Å². The molecule has 2 atom stereocenters. The molecule has 48 heavy (non-hydrogen) atoms. The number of nitrogens with zero attached hydrogens (tertiary/aromatic N) is 3. The molecular formula is C45H37N3. The second kappa shape index (κ2) is 11.0. The Kier molecular flexibility index (Phi) is 6.56. The highest BCUT2D eigenvalue weighted by Crippen LogP contribution is 2.54. The molecule has 0 amide bonds. The molecule has 4 aromatic carbocycles. The van der Waals surface area contributed by atoms with E-state index in [1.54, 1.807) is 0 Å². The third kappa shape index (κ3) is 4.12. The van der Waals surface area contributed by atoms with Crippen LogP contribution >= 0.6 is 0 Å². The van der Waals surface area contributed by atoms with Gasteiger partial charge in [0.1, 0.15) is 0 Å². The van der Waals surface area contributed by atoms with Gasteiger partial charge in [0, 0.05) is 50.3 Å². The van der Waals surface area contributed by atoms with Crippen LogP contribution in [-0.2, 0) is 6.42 Å². The summed E-state index contributed by atoms with van der Waals surface area (Å²) in [5, 5.41) is 11.6. The molecule has 0 N–H and O–H groups in total. The average molecular weight is 620 g/mol. The third-order valence-corrected chi connectivity index (χ3v) is 11.1. The molecule has 0 fully saturated rings. The SMILES string of the molecule is Cc1c(-c2ccccc2N2C3=C(CCC=C3)C3(C)C=CC=CC23)ccc(C#N)c1-c1ccc(-n2c3c(c4ccccc42)C=CCC3)cc1. The second-order valence-corrected chi connectivity index (χ2v) is 13.6. The zero-order valence-electron chi connectivity index (χ0n) is 27.4. The van der Waals surface area contributed by atoms with Gasteiger partial charge in [-0.2, -0.15) is 5.26 Å². The summed E-state index contributed by atoms with van der Waals surface area (Å²) in [5.41, 5.74) is 15.4. The highest BCUT2D eigenvalue weighted by molar-refractivity contribution is 5.94. The fourth-order valence-corrected chi connectivity index (χ4v) is 8.83. The van der Waals surface area contributed by atoms with Crippen LogP contribution in [0.25, 0.3) is 44.9 Å². The molecule has 3 nitrogen and oxygen atoms in total. The lowest BCUT2D eigenvalue weighted by molar-refractivity contribution is 0.462. The van der Waals surface area contributed by atoms with Crippen LogP contribution in [0.1, 0.15) is 48.6 Å². The van der Waals surface area contributed by atoms with E-state index in [0.717, 1.165) is 53.6 Å². The van der Waals surface area contributed by atoms with Crippen LogP contribution in [0, 0.1) is 23.7 Å². The molecule has 4 aliphatic rings. The molecule has 1 aromatic heterocycles. The van der Waals surface area contributed by atoms with Crippen LogP contribution in [0.4, 0.5) is 5.69 Å². The topological polar surface area (TPSA) is 32.0 Å². The minimum atomic E-state index is -0.0326. The molecule has 9 rings (SSSR count). The molecular weight excluding hydrogens is 583 g/mol. The van der Waals surface area contributed by atoms with Crippen molar-refractivity contribution in [3.05, 3.63) is 161 Å². The largest absolute Gasteiger partial charge is 0.333 e. The second-order valence-electron chi connectivity index (χ2n) is 13.6. The Hall–Kier alpha value is -5.59. The summed E-state index contributed by atoms with van der Waals surface area (Å²) in [6.07, 6.45) is 22.6. The number of para-hydroxylation sites is 2. The smallest absolute Gasteiger partial charge is 0.0998 e. The molecule has 3 heteroatoms. The standard InChI is InChI=1S/C45H37N3/c1-30-34(35-13-3-9-19-41(35)48-42-20-10-6-16-38(42)45(2)28-12-11-21-43(45)48)27-24-32(29-46)44(30)31-22-25-33(26-23-31)47-39-17-7-4-14-36(39)37-15-5-8-18-40(37)47/h3-5,7,9-15,17,19-28,43H,6,8,16,18H2,1-2H3. The van der Waals surface area contributed by atoms with Crippen molar-refractivity contribution in [2.24, 2.45) is 5.41 Å². The van der Waals surface area contributed by atoms with Gasteiger partial charge >= 0.3 is 0 Å². The highest BCUT2D eigenvalue weighted by atomic mass is 15.2. The maximum atomic E-state index is 10.3. The number of hydrogen-bond donors (Lipinski definition) is 0. The summed E-state index contributed by atoms with van der Waals surface area (Å²) in [4.78, 5) is 2.56. The van der Waals surface area contributed by atoms with Gasteiger partial charge in [-0.05, 0) is 98.2 Å². The van der Waals surface area contributed by atoms with Crippen LogP contribution < -0.4 is 4.90 Å². The van der Waals surface area contributed by atoms with E-state index < -0.39 is 0 Å². The van der Waals surface area contributed by atoms with Crippen molar-refractivity contribution in [1.82, 2.24) is 4.57 Å². The summed E-state index contributed by atoms with van der Waals surface area (Å²) < 4.78 is 2.42. The summed E-state index contributed by atoms with van der Waals surface area (Å²) in [7, 11) is 0. The Labute approximate surface area is 282 Å². The number of anilines is 1. The van der Waals surface area contributed by atoms with Crippen LogP contribution in [0.15, 0.2) is 139 Å². The number of nitriles is 1. The van der Waals surface area contributed by atoms with Gasteiger partial charge in [0.15, 0.2) is 0 Å². The van der Waals surface area contributed by atoms with Gasteiger partial charge < -0.3 is 9.47 Å². The minimum Gasteiger partial charge on any atom is -0.333 e. The Morgan fingerprint density at radius 2 is 1.60 bits per heavy atom. The van der Waals surface area contributed by atoms with E-state index in [0.29, 0.717) is 5.56 Å². The molecule has 232 valence electrons. The van der Waals surface area contributed by atoms with E-state index in [1.165, 1.54) is 44.7 Å². The van der Waals surface area contributed by atoms with Crippen LogP contribution in [-0.4, -0.2) is 10.6 Å². The van der Waals surface area contributed by atoms with Crippen molar-refractivity contribution in [1.29, 1.82) is 5.26 Å². The lowest BCUT2D eigenvalue weighted by Gasteiger charge is -2.37. The number of fused-ring (bicyclic) bond motifs is 5. The monoisotopic (exact) mass is 619 g/mol. The van der Waals surface area contributed by atoms with Crippen molar-refractivity contribution >= 4 is 22.7 Å². The molecule has 0 saturated heterocycles. The molecule has 0 bridgehead atoms. The highest BCUT2D eigenvalue weighted by Gasteiger charge is 2.48. The fourth-order valence-electron chi connectivity index (χ4n) is 8.83. The molecule has 2 unspecified atom stereocenters. The van der Waals surface area contributed by atoms with Crippen molar-refractivity contribution in [3.8, 4) is 34.0 Å². The maximum absolute atomic E-state index is 10.3. The Balaban J connectivity index is 1.16. The summed E-state index contributed by atoms with van der Waals surface area (Å²) in [6, 6.07) is 33.2. The molecule has 3 aliphatic carbocycles. The lowest BCUT2D eigenvalue weighted by atomic mass is 9.73. The van der Waals surface area contributed by atoms with Gasteiger partial charge in [0.05, 0.1) is 23.2 Å². The molecule has 5 aromatic rings. The van der Waals surface area contributed by atoms with E-state index >= 15 is 0 Å². The number of benzene rings is 4. The zero-order chi connectivity index (χ0) is 32.4. The first kappa shape index (κ1) is 28.6. The van der Waals surface area contributed by atoms with Gasteiger partial charge in [-0.25, -0.2) is 0 Å². The van der Waals surface area contributed by atoms with Crippen molar-refractivity contribution in [2.75, 3.05) is 4.90 Å². The van der Waals surface area contributed by atoms with Crippen LogP contribution in [0.3, 0.4) is 0 Å². The number of aromatic nitrogens is 1. The van der Waals surface area contributed by atoms with E-state index in [1.807, 2.05) is 6.07 Å². The van der Waals surface area contributed by atoms with Gasteiger partial charge in [-0.15, -0.1) is 0 Å². The number of allylic oxidation sites excluding steroid dienone is 5. The molecule has 0 radical (unpaired) electrons. The summed E-state index contributed by atoms with van der Waals surface area (Å²) in [6.45, 7) is 4.58. The Morgan fingerprint density at radius 1 is 0.812 bits per heavy atom. The zero-order valence-corrected chi connectivity index (χ0v) is 27.4. The van der Waals surface area contributed by atoms with Crippen molar-refractivity contribution in [3.63, 3.8) is 0 Å². The maximum Gasteiger partial charge on any atom is 0.0998 e. The predicted octanol–water partition coefficient (Wildman–Crippen LogP) is 11.0.